The van der Waals surface area contributed by atoms with Gasteiger partial charge in [0.2, 0.25) is 2.14 Å². The van der Waals surface area contributed by atoms with Gasteiger partial charge in [0.25, 0.3) is 0 Å². The Morgan fingerprint density at radius 1 is 1.35 bits per heavy atom. The minimum absolute atomic E-state index is 0.343. The van der Waals surface area contributed by atoms with Gasteiger partial charge < -0.3 is 10.1 Å². The molecule has 6 heteroatoms. The molecule has 0 spiro atoms. The molecule has 2 atom stereocenters. The average molecular weight is 437 g/mol. The lowest BCUT2D eigenvalue weighted by atomic mass is 9.77. The standard InChI is InChI=1S/C11H18Br3NO2/c1-7-6-15-5-4-8(7)10(2,3)17-9(16)11(12,13)14/h7-8,15H,4-6H2,1-3H3/p+1. The van der Waals surface area contributed by atoms with Crippen LogP contribution in [-0.2, 0) is 9.53 Å². The lowest BCUT2D eigenvalue weighted by Crippen LogP contribution is -2.88. The number of quaternary nitrogens is 1. The van der Waals surface area contributed by atoms with Crippen molar-refractivity contribution in [2.75, 3.05) is 13.1 Å². The number of hydrogen-bond acceptors (Lipinski definition) is 2. The summed E-state index contributed by atoms with van der Waals surface area (Å²) in [6, 6.07) is 0. The maximum Gasteiger partial charge on any atom is 0.345 e. The molecular weight excluding hydrogens is 418 g/mol. The van der Waals surface area contributed by atoms with Crippen molar-refractivity contribution in [1.82, 2.24) is 0 Å². The quantitative estimate of drug-likeness (QED) is 0.533. The van der Waals surface area contributed by atoms with Gasteiger partial charge in [-0.05, 0) is 61.6 Å². The van der Waals surface area contributed by atoms with Crippen molar-refractivity contribution in [2.45, 2.75) is 34.9 Å². The van der Waals surface area contributed by atoms with Gasteiger partial charge in [-0.2, -0.15) is 0 Å². The zero-order chi connectivity index (χ0) is 13.3. The maximum atomic E-state index is 11.9. The van der Waals surface area contributed by atoms with E-state index in [4.69, 9.17) is 4.74 Å². The minimum Gasteiger partial charge on any atom is -0.457 e. The summed E-state index contributed by atoms with van der Waals surface area (Å²) in [4.78, 5) is 11.9. The highest BCUT2D eigenvalue weighted by Gasteiger charge is 2.42. The molecule has 0 amide bonds. The minimum atomic E-state index is -0.978. The molecule has 1 aliphatic rings. The molecule has 2 unspecified atom stereocenters. The Hall–Kier alpha value is 0.870. The number of carbonyl (C=O) groups is 1. The van der Waals surface area contributed by atoms with Crippen LogP contribution in [0, 0.1) is 11.8 Å². The van der Waals surface area contributed by atoms with Crippen molar-refractivity contribution in [1.29, 1.82) is 0 Å². The second-order valence-electron chi connectivity index (χ2n) is 5.18. The zero-order valence-corrected chi connectivity index (χ0v) is 15.1. The molecule has 17 heavy (non-hydrogen) atoms. The molecule has 0 aliphatic carbocycles. The van der Waals surface area contributed by atoms with Crippen LogP contribution in [0.2, 0.25) is 0 Å². The molecule has 0 radical (unpaired) electrons. The molecule has 1 rings (SSSR count). The molecule has 1 heterocycles. The van der Waals surface area contributed by atoms with Crippen molar-refractivity contribution in [2.24, 2.45) is 11.8 Å². The van der Waals surface area contributed by atoms with Crippen molar-refractivity contribution >= 4 is 53.8 Å². The fourth-order valence-corrected chi connectivity index (χ4v) is 2.77. The number of ether oxygens (including phenoxy) is 1. The van der Waals surface area contributed by atoms with Gasteiger partial charge >= 0.3 is 5.97 Å². The summed E-state index contributed by atoms with van der Waals surface area (Å²) >= 11 is 9.57. The first kappa shape index (κ1) is 15.9. The van der Waals surface area contributed by atoms with Gasteiger partial charge in [-0.25, -0.2) is 4.79 Å². The zero-order valence-electron chi connectivity index (χ0n) is 10.3. The number of nitrogens with two attached hydrogens (primary N) is 1. The van der Waals surface area contributed by atoms with Crippen LogP contribution in [0.15, 0.2) is 0 Å². The summed E-state index contributed by atoms with van der Waals surface area (Å²) in [5.41, 5.74) is -0.439. The van der Waals surface area contributed by atoms with E-state index in [1.807, 2.05) is 13.8 Å². The number of carbonyl (C=O) groups excluding carboxylic acids is 1. The third kappa shape index (κ3) is 4.48. The summed E-state index contributed by atoms with van der Waals surface area (Å²) in [6.07, 6.45) is 1.08. The van der Waals surface area contributed by atoms with E-state index in [0.717, 1.165) is 19.5 Å². The van der Waals surface area contributed by atoms with E-state index in [0.29, 0.717) is 11.8 Å². The Labute approximate surface area is 128 Å². The van der Waals surface area contributed by atoms with Gasteiger partial charge in [0, 0.05) is 18.3 Å². The van der Waals surface area contributed by atoms with Gasteiger partial charge in [-0.1, -0.05) is 6.92 Å². The monoisotopic (exact) mass is 434 g/mol. The molecule has 0 aromatic heterocycles. The number of halogens is 3. The summed E-state index contributed by atoms with van der Waals surface area (Å²) in [5.74, 6) is 0.623. The van der Waals surface area contributed by atoms with Crippen LogP contribution in [0.4, 0.5) is 0 Å². The Bertz CT molecular complexity index is 289. The normalized spacial score (nSPS) is 26.7. The van der Waals surface area contributed by atoms with Crippen LogP contribution in [0.25, 0.3) is 0 Å². The highest BCUT2D eigenvalue weighted by molar-refractivity contribution is 9.40. The Kier molecular flexibility index (Phi) is 5.51. The average Bonchev–Trinajstić information content (AvgIpc) is 2.15. The highest BCUT2D eigenvalue weighted by atomic mass is 80.0. The molecule has 1 saturated heterocycles. The molecular formula is C11H19Br3NO2+. The number of esters is 1. The topological polar surface area (TPSA) is 42.9 Å². The van der Waals surface area contributed by atoms with Crippen LogP contribution in [-0.4, -0.2) is 26.8 Å². The second kappa shape index (κ2) is 5.88. The van der Waals surface area contributed by atoms with Crippen molar-refractivity contribution in [3.63, 3.8) is 0 Å². The lowest BCUT2D eigenvalue weighted by Gasteiger charge is -2.39. The van der Waals surface area contributed by atoms with E-state index in [9.17, 15) is 4.79 Å². The Morgan fingerprint density at radius 3 is 2.41 bits per heavy atom. The first-order valence-corrected chi connectivity index (χ1v) is 8.14. The predicted molar refractivity (Wildman–Crippen MR) is 78.6 cm³/mol. The molecule has 1 aliphatic heterocycles. The smallest absolute Gasteiger partial charge is 0.345 e. The van der Waals surface area contributed by atoms with Gasteiger partial charge in [0.1, 0.15) is 5.60 Å². The summed E-state index contributed by atoms with van der Waals surface area (Å²) in [5, 5.41) is 2.32. The summed E-state index contributed by atoms with van der Waals surface area (Å²) in [7, 11) is 0. The molecule has 100 valence electrons. The number of hydrogen-bond donors (Lipinski definition) is 1. The third-order valence-corrected chi connectivity index (χ3v) is 4.36. The maximum absolute atomic E-state index is 11.9. The van der Waals surface area contributed by atoms with Gasteiger partial charge in [0.05, 0.1) is 13.1 Å². The van der Waals surface area contributed by atoms with Crippen molar-refractivity contribution < 1.29 is 14.8 Å². The van der Waals surface area contributed by atoms with E-state index in [1.54, 1.807) is 0 Å². The highest BCUT2D eigenvalue weighted by Crippen LogP contribution is 2.39. The molecule has 3 nitrogen and oxygen atoms in total. The van der Waals surface area contributed by atoms with Gasteiger partial charge in [0.15, 0.2) is 0 Å². The van der Waals surface area contributed by atoms with E-state index in [-0.39, 0.29) is 5.97 Å². The van der Waals surface area contributed by atoms with Crippen molar-refractivity contribution in [3.05, 3.63) is 0 Å². The van der Waals surface area contributed by atoms with Crippen LogP contribution < -0.4 is 5.32 Å². The predicted octanol–water partition coefficient (Wildman–Crippen LogP) is 2.37. The van der Waals surface area contributed by atoms with Crippen molar-refractivity contribution in [3.8, 4) is 0 Å². The summed E-state index contributed by atoms with van der Waals surface area (Å²) in [6.45, 7) is 8.43. The molecule has 0 saturated carbocycles. The molecule has 2 N–H and O–H groups in total. The number of rotatable bonds is 2. The Balaban J connectivity index is 2.70. The van der Waals surface area contributed by atoms with E-state index in [2.05, 4.69) is 60.0 Å². The fraction of sp³-hybridized carbons (Fsp3) is 0.909. The van der Waals surface area contributed by atoms with Gasteiger partial charge in [-0.3, -0.25) is 0 Å². The fourth-order valence-electron chi connectivity index (χ4n) is 2.53. The van der Waals surface area contributed by atoms with E-state index in [1.165, 1.54) is 0 Å². The van der Waals surface area contributed by atoms with Crippen LogP contribution in [0.1, 0.15) is 27.2 Å². The third-order valence-electron chi connectivity index (χ3n) is 3.39. The van der Waals surface area contributed by atoms with Crippen LogP contribution in [0.3, 0.4) is 0 Å². The van der Waals surface area contributed by atoms with Gasteiger partial charge in [-0.15, -0.1) is 0 Å². The van der Waals surface area contributed by atoms with Crippen LogP contribution >= 0.6 is 47.8 Å². The Morgan fingerprint density at radius 2 is 1.94 bits per heavy atom. The largest absolute Gasteiger partial charge is 0.457 e. The number of piperidine rings is 1. The summed E-state index contributed by atoms with van der Waals surface area (Å²) < 4.78 is 4.64. The number of alkyl halides is 3. The van der Waals surface area contributed by atoms with E-state index >= 15 is 0 Å². The SMILES string of the molecule is CC1C[NH2+]CCC1C(C)(C)OC(=O)C(Br)(Br)Br. The van der Waals surface area contributed by atoms with E-state index < -0.39 is 7.74 Å². The molecule has 1 fully saturated rings. The molecule has 0 aromatic carbocycles. The first-order valence-electron chi connectivity index (χ1n) is 5.76. The molecule has 0 aromatic rings. The first-order chi connectivity index (χ1) is 7.64. The second-order valence-corrected chi connectivity index (χ2v) is 11.9. The lowest BCUT2D eigenvalue weighted by molar-refractivity contribution is -0.672. The van der Waals surface area contributed by atoms with Crippen LogP contribution in [0.5, 0.6) is 0 Å². The molecule has 0 bridgehead atoms.